The molecule has 0 fully saturated rings. The smallest absolute Gasteiger partial charge is 0.323 e. The van der Waals surface area contributed by atoms with Crippen LogP contribution in [-0.2, 0) is 12.6 Å². The molecule has 20 heavy (non-hydrogen) atoms. The van der Waals surface area contributed by atoms with Crippen molar-refractivity contribution in [1.82, 2.24) is 0 Å². The van der Waals surface area contributed by atoms with Crippen molar-refractivity contribution in [3.63, 3.8) is 0 Å². The lowest BCUT2D eigenvalue weighted by Crippen LogP contribution is -2.12. The maximum Gasteiger partial charge on any atom is 0.416 e. The molecule has 0 radical (unpaired) electrons. The Morgan fingerprint density at radius 1 is 1.25 bits per heavy atom. The molecule has 1 aromatic carbocycles. The van der Waals surface area contributed by atoms with Gasteiger partial charge in [0.25, 0.3) is 0 Å². The molecular weight excluding hydrogens is 307 g/mol. The van der Waals surface area contributed by atoms with Gasteiger partial charge in [-0.2, -0.15) is 13.2 Å². The summed E-state index contributed by atoms with van der Waals surface area (Å²) in [5.41, 5.74) is 7.14. The van der Waals surface area contributed by atoms with Crippen molar-refractivity contribution >= 4 is 22.9 Å². The Morgan fingerprint density at radius 2 is 1.85 bits per heavy atom. The second kappa shape index (κ2) is 5.76. The van der Waals surface area contributed by atoms with Crippen LogP contribution in [0.1, 0.15) is 27.6 Å². The minimum atomic E-state index is -4.31. The van der Waals surface area contributed by atoms with E-state index >= 15 is 0 Å². The first-order valence-electron chi connectivity index (χ1n) is 5.94. The molecule has 0 aliphatic heterocycles. The standard InChI is InChI=1S/C14H13ClF3NS/c1-8-7-20-13(12(8)15)11(19)6-9-2-4-10(5-3-9)14(16,17)18/h2-5,7,11H,6,19H2,1H3. The first-order valence-corrected chi connectivity index (χ1v) is 7.20. The maximum atomic E-state index is 12.5. The summed E-state index contributed by atoms with van der Waals surface area (Å²) in [6, 6.07) is 4.75. The van der Waals surface area contributed by atoms with Crippen molar-refractivity contribution < 1.29 is 13.2 Å². The topological polar surface area (TPSA) is 26.0 Å². The van der Waals surface area contributed by atoms with Crippen molar-refractivity contribution in [2.24, 2.45) is 5.73 Å². The van der Waals surface area contributed by atoms with E-state index in [-0.39, 0.29) is 6.04 Å². The van der Waals surface area contributed by atoms with Crippen LogP contribution in [-0.4, -0.2) is 0 Å². The van der Waals surface area contributed by atoms with Gasteiger partial charge >= 0.3 is 6.18 Å². The zero-order valence-electron chi connectivity index (χ0n) is 10.7. The fourth-order valence-corrected chi connectivity index (χ4v) is 3.21. The molecule has 6 heteroatoms. The summed E-state index contributed by atoms with van der Waals surface area (Å²) in [6.07, 6.45) is -3.85. The van der Waals surface area contributed by atoms with Crippen molar-refractivity contribution in [2.75, 3.05) is 0 Å². The summed E-state index contributed by atoms with van der Waals surface area (Å²) in [6.45, 7) is 1.90. The molecule has 1 aromatic heterocycles. The lowest BCUT2D eigenvalue weighted by molar-refractivity contribution is -0.137. The minimum absolute atomic E-state index is 0.307. The Labute approximate surface area is 124 Å². The van der Waals surface area contributed by atoms with Crippen LogP contribution in [0, 0.1) is 6.92 Å². The number of thiophene rings is 1. The Balaban J connectivity index is 2.12. The second-order valence-electron chi connectivity index (χ2n) is 4.60. The SMILES string of the molecule is Cc1csc(C(N)Cc2ccc(C(F)(F)F)cc2)c1Cl. The summed E-state index contributed by atoms with van der Waals surface area (Å²) in [5.74, 6) is 0. The molecule has 0 aliphatic carbocycles. The number of halogens is 4. The Hall–Kier alpha value is -1.04. The number of benzene rings is 1. The molecule has 0 amide bonds. The van der Waals surface area contributed by atoms with E-state index < -0.39 is 11.7 Å². The summed E-state index contributed by atoms with van der Waals surface area (Å²) in [7, 11) is 0. The average Bonchev–Trinajstić information content (AvgIpc) is 2.69. The van der Waals surface area contributed by atoms with E-state index in [1.807, 2.05) is 12.3 Å². The normalized spacial score (nSPS) is 13.5. The van der Waals surface area contributed by atoms with Crippen LogP contribution in [0.4, 0.5) is 13.2 Å². The van der Waals surface area contributed by atoms with Crippen LogP contribution in [0.3, 0.4) is 0 Å². The van der Waals surface area contributed by atoms with Crippen LogP contribution < -0.4 is 5.73 Å². The van der Waals surface area contributed by atoms with E-state index in [0.717, 1.165) is 28.1 Å². The van der Waals surface area contributed by atoms with E-state index in [1.54, 1.807) is 0 Å². The molecule has 1 unspecified atom stereocenters. The molecule has 0 bridgehead atoms. The number of rotatable bonds is 3. The second-order valence-corrected chi connectivity index (χ2v) is 5.89. The van der Waals surface area contributed by atoms with E-state index in [4.69, 9.17) is 17.3 Å². The monoisotopic (exact) mass is 319 g/mol. The predicted octanol–water partition coefficient (Wildman–Crippen LogP) is 4.97. The third-order valence-corrected chi connectivity index (χ3v) is 4.84. The highest BCUT2D eigenvalue weighted by atomic mass is 35.5. The molecular formula is C14H13ClF3NS. The summed E-state index contributed by atoms with van der Waals surface area (Å²) in [4.78, 5) is 0.865. The van der Waals surface area contributed by atoms with E-state index in [2.05, 4.69) is 0 Å². The van der Waals surface area contributed by atoms with Crippen molar-refractivity contribution in [3.8, 4) is 0 Å². The van der Waals surface area contributed by atoms with Gasteiger partial charge < -0.3 is 5.73 Å². The summed E-state index contributed by atoms with van der Waals surface area (Å²) in [5, 5.41) is 2.57. The van der Waals surface area contributed by atoms with Crippen molar-refractivity contribution in [2.45, 2.75) is 25.6 Å². The molecule has 0 spiro atoms. The molecule has 0 saturated heterocycles. The van der Waals surface area contributed by atoms with Gasteiger partial charge in [-0.1, -0.05) is 23.7 Å². The van der Waals surface area contributed by atoms with Gasteiger partial charge in [0.1, 0.15) is 0 Å². The van der Waals surface area contributed by atoms with Crippen LogP contribution in [0.25, 0.3) is 0 Å². The van der Waals surface area contributed by atoms with Gasteiger partial charge in [-0.25, -0.2) is 0 Å². The van der Waals surface area contributed by atoms with Gasteiger partial charge in [0.05, 0.1) is 10.6 Å². The fourth-order valence-electron chi connectivity index (χ4n) is 1.88. The molecule has 2 N–H and O–H groups in total. The largest absolute Gasteiger partial charge is 0.416 e. The van der Waals surface area contributed by atoms with Gasteiger partial charge in [-0.05, 0) is 42.0 Å². The number of nitrogens with two attached hydrogens (primary N) is 1. The van der Waals surface area contributed by atoms with Gasteiger partial charge in [0.15, 0.2) is 0 Å². The minimum Gasteiger partial charge on any atom is -0.323 e. The third kappa shape index (κ3) is 3.34. The van der Waals surface area contributed by atoms with Gasteiger partial charge in [0, 0.05) is 10.9 Å². The predicted molar refractivity (Wildman–Crippen MR) is 76.1 cm³/mol. The van der Waals surface area contributed by atoms with Gasteiger partial charge in [-0.15, -0.1) is 11.3 Å². The first-order chi connectivity index (χ1) is 9.29. The molecule has 2 rings (SSSR count). The Morgan fingerprint density at radius 3 is 2.30 bits per heavy atom. The summed E-state index contributed by atoms with van der Waals surface area (Å²) >= 11 is 7.61. The number of hydrogen-bond acceptors (Lipinski definition) is 2. The zero-order chi connectivity index (χ0) is 14.9. The maximum absolute atomic E-state index is 12.5. The quantitative estimate of drug-likeness (QED) is 0.849. The van der Waals surface area contributed by atoms with Crippen molar-refractivity contribution in [3.05, 3.63) is 56.2 Å². The van der Waals surface area contributed by atoms with Gasteiger partial charge in [0.2, 0.25) is 0 Å². The van der Waals surface area contributed by atoms with Crippen LogP contribution >= 0.6 is 22.9 Å². The molecule has 1 atom stereocenters. The van der Waals surface area contributed by atoms with Gasteiger partial charge in [-0.3, -0.25) is 0 Å². The van der Waals surface area contributed by atoms with Crippen LogP contribution in [0.15, 0.2) is 29.6 Å². The molecule has 108 valence electrons. The lowest BCUT2D eigenvalue weighted by atomic mass is 10.0. The first kappa shape index (κ1) is 15.4. The molecule has 0 saturated carbocycles. The fraction of sp³-hybridized carbons (Fsp3) is 0.286. The average molecular weight is 320 g/mol. The van der Waals surface area contributed by atoms with E-state index in [0.29, 0.717) is 11.4 Å². The molecule has 1 nitrogen and oxygen atoms in total. The molecule has 2 aromatic rings. The summed E-state index contributed by atoms with van der Waals surface area (Å²) < 4.78 is 37.4. The Kier molecular flexibility index (Phi) is 4.42. The van der Waals surface area contributed by atoms with Crippen LogP contribution in [0.5, 0.6) is 0 Å². The molecule has 1 heterocycles. The van der Waals surface area contributed by atoms with E-state index in [1.165, 1.54) is 23.5 Å². The molecule has 0 aliphatic rings. The van der Waals surface area contributed by atoms with Crippen LogP contribution in [0.2, 0.25) is 5.02 Å². The number of alkyl halides is 3. The van der Waals surface area contributed by atoms with Crippen molar-refractivity contribution in [1.29, 1.82) is 0 Å². The van der Waals surface area contributed by atoms with E-state index in [9.17, 15) is 13.2 Å². The lowest BCUT2D eigenvalue weighted by Gasteiger charge is -2.12. The highest BCUT2D eigenvalue weighted by Gasteiger charge is 2.30. The Bertz CT molecular complexity index is 589. The highest BCUT2D eigenvalue weighted by Crippen LogP contribution is 2.33. The highest BCUT2D eigenvalue weighted by molar-refractivity contribution is 7.10. The zero-order valence-corrected chi connectivity index (χ0v) is 12.2. The number of aryl methyl sites for hydroxylation is 1. The third-order valence-electron chi connectivity index (χ3n) is 3.00. The number of hydrogen-bond donors (Lipinski definition) is 1.